The van der Waals surface area contributed by atoms with E-state index in [1.165, 1.54) is 0 Å². The van der Waals surface area contributed by atoms with E-state index in [4.69, 9.17) is 0 Å². The van der Waals surface area contributed by atoms with E-state index in [0.717, 1.165) is 0 Å². The van der Waals surface area contributed by atoms with Gasteiger partial charge in [0.2, 0.25) is 0 Å². The van der Waals surface area contributed by atoms with Crippen LogP contribution in [0.5, 0.6) is 0 Å². The second-order valence-electron chi connectivity index (χ2n) is 2.38. The monoisotopic (exact) mass is 164 g/mol. The van der Waals surface area contributed by atoms with Crippen molar-refractivity contribution in [1.82, 2.24) is 10.1 Å². The van der Waals surface area contributed by atoms with Crippen molar-refractivity contribution < 1.29 is 4.54 Å². The highest BCUT2D eigenvalue weighted by Gasteiger charge is 2.05. The van der Waals surface area contributed by atoms with Crippen molar-refractivity contribution in [2.75, 3.05) is 0 Å². The van der Waals surface area contributed by atoms with Crippen LogP contribution in [-0.2, 0) is 0 Å². The number of fused-ring (bicyclic) bond motifs is 1. The molecule has 60 valence electrons. The standard InChI is InChI=1S/C7H5N3O2/c11-7-8-5-3-1-2-4-6(5)10(12)9-7/h1-4H,(H-,8,9,11,12)/p+1. The Morgan fingerprint density at radius 2 is 2.00 bits per heavy atom. The zero-order chi connectivity index (χ0) is 8.55. The lowest BCUT2D eigenvalue weighted by molar-refractivity contribution is -0.538. The molecule has 0 aliphatic carbocycles. The Hall–Kier alpha value is -1.91. The summed E-state index contributed by atoms with van der Waals surface area (Å²) in [6.07, 6.45) is 0. The molecule has 0 radical (unpaired) electrons. The van der Waals surface area contributed by atoms with Crippen molar-refractivity contribution in [2.24, 2.45) is 0 Å². The van der Waals surface area contributed by atoms with E-state index in [0.29, 0.717) is 15.6 Å². The molecule has 1 aromatic heterocycles. The first-order valence-corrected chi connectivity index (χ1v) is 3.41. The van der Waals surface area contributed by atoms with Crippen molar-refractivity contribution in [1.29, 1.82) is 0 Å². The lowest BCUT2D eigenvalue weighted by Gasteiger charge is -1.85. The summed E-state index contributed by atoms with van der Waals surface area (Å²) in [7, 11) is 0. The van der Waals surface area contributed by atoms with Crippen LogP contribution in [0.1, 0.15) is 0 Å². The van der Waals surface area contributed by atoms with Gasteiger partial charge in [0.15, 0.2) is 4.54 Å². The molecule has 0 unspecified atom stereocenters. The molecular formula is C7H6N3O2+. The molecule has 5 nitrogen and oxygen atoms in total. The maximum absolute atomic E-state index is 11.0. The molecule has 1 heterocycles. The minimum absolute atomic E-state index is 0.414. The molecule has 2 N–H and O–H groups in total. The minimum atomic E-state index is -0.510. The van der Waals surface area contributed by atoms with Gasteiger partial charge in [-0.25, -0.2) is 4.79 Å². The normalized spacial score (nSPS) is 10.3. The van der Waals surface area contributed by atoms with Crippen LogP contribution in [0.2, 0.25) is 0 Å². The Balaban J connectivity index is 3.09. The summed E-state index contributed by atoms with van der Waals surface area (Å²) in [4.78, 5) is 24.3. The van der Waals surface area contributed by atoms with Gasteiger partial charge in [0.25, 0.3) is 0 Å². The Kier molecular flexibility index (Phi) is 1.30. The van der Waals surface area contributed by atoms with Crippen LogP contribution in [0.4, 0.5) is 0 Å². The van der Waals surface area contributed by atoms with Gasteiger partial charge in [0.05, 0.1) is 4.91 Å². The topological polar surface area (TPSA) is 71.6 Å². The Morgan fingerprint density at radius 1 is 1.25 bits per heavy atom. The Morgan fingerprint density at radius 3 is 2.83 bits per heavy atom. The molecule has 0 atom stereocenters. The van der Waals surface area contributed by atoms with E-state index in [9.17, 15) is 9.70 Å². The third-order valence-electron chi connectivity index (χ3n) is 1.57. The third kappa shape index (κ3) is 0.914. The molecule has 1 aromatic carbocycles. The summed E-state index contributed by atoms with van der Waals surface area (Å²) >= 11 is 0. The Labute approximate surface area is 66.3 Å². The largest absolute Gasteiger partial charge is 0.376 e. The zero-order valence-electron chi connectivity index (χ0n) is 6.07. The molecule has 0 aliphatic heterocycles. The van der Waals surface area contributed by atoms with Gasteiger partial charge in [-0.2, -0.15) is 0 Å². The van der Waals surface area contributed by atoms with Crippen LogP contribution in [0, 0.1) is 4.91 Å². The van der Waals surface area contributed by atoms with Crippen molar-refractivity contribution in [3.05, 3.63) is 39.7 Å². The predicted molar refractivity (Wildman–Crippen MR) is 42.3 cm³/mol. The molecule has 0 saturated heterocycles. The fourth-order valence-corrected chi connectivity index (χ4v) is 1.06. The first-order valence-electron chi connectivity index (χ1n) is 3.41. The lowest BCUT2D eigenvalue weighted by Crippen LogP contribution is -2.30. The second kappa shape index (κ2) is 2.30. The highest BCUT2D eigenvalue weighted by Crippen LogP contribution is 2.00. The highest BCUT2D eigenvalue weighted by molar-refractivity contribution is 5.69. The predicted octanol–water partition coefficient (Wildman–Crippen LogP) is -0.229. The Bertz CT molecular complexity index is 526. The average molecular weight is 164 g/mol. The number of H-pyrrole nitrogens is 2. The van der Waals surface area contributed by atoms with Gasteiger partial charge in [-0.1, -0.05) is 17.2 Å². The number of hydrogen-bond acceptors (Lipinski definition) is 2. The van der Waals surface area contributed by atoms with Crippen molar-refractivity contribution >= 4 is 11.0 Å². The number of aromatic amines is 2. The number of aromatic nitrogens is 3. The number of nitrogens with one attached hydrogen (secondary N) is 2. The van der Waals surface area contributed by atoms with Gasteiger partial charge >= 0.3 is 11.2 Å². The smallest absolute Gasteiger partial charge is 0.298 e. The van der Waals surface area contributed by atoms with E-state index >= 15 is 0 Å². The molecule has 0 aliphatic rings. The van der Waals surface area contributed by atoms with E-state index in [-0.39, 0.29) is 0 Å². The molecule has 2 aromatic rings. The third-order valence-corrected chi connectivity index (χ3v) is 1.57. The average Bonchev–Trinajstić information content (AvgIpc) is 2.04. The maximum atomic E-state index is 11.0. The number of hydrogen-bond donors (Lipinski definition) is 2. The van der Waals surface area contributed by atoms with Crippen molar-refractivity contribution in [2.45, 2.75) is 0 Å². The summed E-state index contributed by atoms with van der Waals surface area (Å²) in [5.74, 6) is 0. The van der Waals surface area contributed by atoms with E-state index in [2.05, 4.69) is 10.1 Å². The fourth-order valence-electron chi connectivity index (χ4n) is 1.06. The molecular weight excluding hydrogens is 158 g/mol. The van der Waals surface area contributed by atoms with Gasteiger partial charge < -0.3 is 0 Å². The quantitative estimate of drug-likeness (QED) is 0.528. The molecule has 5 heteroatoms. The van der Waals surface area contributed by atoms with Crippen LogP contribution < -0.4 is 10.2 Å². The summed E-state index contributed by atoms with van der Waals surface area (Å²) in [5.41, 5.74) is 0.428. The molecule has 0 saturated carbocycles. The summed E-state index contributed by atoms with van der Waals surface area (Å²) in [5, 5.41) is 2.06. The van der Waals surface area contributed by atoms with Gasteiger partial charge in [-0.05, 0) is 6.07 Å². The first kappa shape index (κ1) is 6.78. The van der Waals surface area contributed by atoms with E-state index < -0.39 is 5.69 Å². The van der Waals surface area contributed by atoms with Crippen LogP contribution in [0.3, 0.4) is 0 Å². The van der Waals surface area contributed by atoms with E-state index in [1.54, 1.807) is 24.3 Å². The second-order valence-corrected chi connectivity index (χ2v) is 2.38. The van der Waals surface area contributed by atoms with Gasteiger partial charge in [-0.15, -0.1) is 0 Å². The van der Waals surface area contributed by atoms with Crippen molar-refractivity contribution in [3.63, 3.8) is 0 Å². The SMILES string of the molecule is O=c1[nH]c2ccccc2[n+](=O)[nH]1. The lowest BCUT2D eigenvalue weighted by atomic mass is 10.3. The van der Waals surface area contributed by atoms with Crippen molar-refractivity contribution in [3.8, 4) is 0 Å². The minimum Gasteiger partial charge on any atom is -0.298 e. The molecule has 0 bridgehead atoms. The van der Waals surface area contributed by atoms with E-state index in [1.807, 2.05) is 0 Å². The number of rotatable bonds is 0. The van der Waals surface area contributed by atoms with Crippen LogP contribution >= 0.6 is 0 Å². The van der Waals surface area contributed by atoms with Gasteiger partial charge in [0.1, 0.15) is 5.52 Å². The summed E-state index contributed by atoms with van der Waals surface area (Å²) in [6, 6.07) is 6.76. The fraction of sp³-hybridized carbons (Fsp3) is 0. The number of benzene rings is 1. The highest BCUT2D eigenvalue weighted by atomic mass is 16.3. The van der Waals surface area contributed by atoms with Crippen LogP contribution in [0.15, 0.2) is 29.1 Å². The molecule has 0 spiro atoms. The molecule has 12 heavy (non-hydrogen) atoms. The first-order chi connectivity index (χ1) is 5.77. The van der Waals surface area contributed by atoms with Crippen LogP contribution in [-0.4, -0.2) is 10.1 Å². The van der Waals surface area contributed by atoms with Crippen LogP contribution in [0.25, 0.3) is 11.0 Å². The van der Waals surface area contributed by atoms with Gasteiger partial charge in [-0.3, -0.25) is 4.98 Å². The zero-order valence-corrected chi connectivity index (χ0v) is 6.07. The molecule has 0 fully saturated rings. The maximum Gasteiger partial charge on any atom is 0.376 e. The number of nitrogens with zero attached hydrogens (tertiary/aromatic N) is 1. The molecule has 2 rings (SSSR count). The molecule has 0 amide bonds. The summed E-state index contributed by atoms with van der Waals surface area (Å²) in [6.45, 7) is 0. The summed E-state index contributed by atoms with van der Waals surface area (Å²) < 4.78 is 0.439. The van der Waals surface area contributed by atoms with Gasteiger partial charge in [0, 0.05) is 6.07 Å². The number of para-hydroxylation sites is 2.